The molecule has 1 aromatic rings. The predicted molar refractivity (Wildman–Crippen MR) is 69.6 cm³/mol. The van der Waals surface area contributed by atoms with Gasteiger partial charge in [0.1, 0.15) is 0 Å². The van der Waals surface area contributed by atoms with Crippen LogP contribution < -0.4 is 10.6 Å². The molecular formula is C13H23N3O. The molecule has 17 heavy (non-hydrogen) atoms. The second-order valence-corrected chi connectivity index (χ2v) is 4.67. The number of nitrogens with one attached hydrogen (secondary N) is 2. The van der Waals surface area contributed by atoms with E-state index in [1.165, 1.54) is 0 Å². The zero-order chi connectivity index (χ0) is 12.7. The lowest BCUT2D eigenvalue weighted by molar-refractivity contribution is -0.121. The Labute approximate surface area is 103 Å². The third kappa shape index (κ3) is 6.12. The van der Waals surface area contributed by atoms with Gasteiger partial charge in [-0.25, -0.2) is 0 Å². The van der Waals surface area contributed by atoms with Gasteiger partial charge < -0.3 is 15.2 Å². The molecule has 96 valence electrons. The molecule has 4 heteroatoms. The van der Waals surface area contributed by atoms with Crippen LogP contribution in [0.2, 0.25) is 0 Å². The minimum atomic E-state index is 0.124. The van der Waals surface area contributed by atoms with Crippen LogP contribution in [0, 0.1) is 0 Å². The van der Waals surface area contributed by atoms with Crippen molar-refractivity contribution in [3.05, 3.63) is 24.0 Å². The van der Waals surface area contributed by atoms with E-state index in [0.717, 1.165) is 18.5 Å². The average Bonchev–Trinajstić information content (AvgIpc) is 2.67. The smallest absolute Gasteiger partial charge is 0.220 e. The van der Waals surface area contributed by atoms with E-state index in [9.17, 15) is 4.79 Å². The van der Waals surface area contributed by atoms with Crippen LogP contribution in [-0.2, 0) is 18.4 Å². The number of aromatic nitrogens is 1. The van der Waals surface area contributed by atoms with E-state index in [4.69, 9.17) is 0 Å². The normalized spacial score (nSPS) is 10.8. The Morgan fingerprint density at radius 1 is 1.47 bits per heavy atom. The average molecular weight is 237 g/mol. The maximum Gasteiger partial charge on any atom is 0.220 e. The summed E-state index contributed by atoms with van der Waals surface area (Å²) in [4.78, 5) is 11.5. The van der Waals surface area contributed by atoms with Crippen molar-refractivity contribution in [2.45, 2.75) is 39.3 Å². The van der Waals surface area contributed by atoms with Crippen LogP contribution in [0.15, 0.2) is 18.5 Å². The van der Waals surface area contributed by atoms with Crippen LogP contribution in [0.4, 0.5) is 0 Å². The van der Waals surface area contributed by atoms with Gasteiger partial charge in [0.15, 0.2) is 0 Å². The maximum absolute atomic E-state index is 11.5. The first-order chi connectivity index (χ1) is 8.08. The van der Waals surface area contributed by atoms with Crippen LogP contribution >= 0.6 is 0 Å². The molecule has 4 nitrogen and oxygen atoms in total. The van der Waals surface area contributed by atoms with Gasteiger partial charge in [-0.2, -0.15) is 0 Å². The SMILES string of the molecule is CC(C)NCCCC(=O)NCc1ccn(C)c1. The molecule has 0 radical (unpaired) electrons. The molecule has 0 saturated heterocycles. The summed E-state index contributed by atoms with van der Waals surface area (Å²) in [5.41, 5.74) is 1.14. The monoisotopic (exact) mass is 237 g/mol. The fourth-order valence-electron chi connectivity index (χ4n) is 1.59. The Morgan fingerprint density at radius 2 is 2.24 bits per heavy atom. The standard InChI is InChI=1S/C13H23N3O/c1-11(2)14-7-4-5-13(17)15-9-12-6-8-16(3)10-12/h6,8,10-11,14H,4-5,7,9H2,1-3H3,(H,15,17). The molecule has 1 rings (SSSR count). The summed E-state index contributed by atoms with van der Waals surface area (Å²) in [6.07, 6.45) is 5.47. The number of nitrogens with zero attached hydrogens (tertiary/aromatic N) is 1. The number of carbonyl (C=O) groups excluding carboxylic acids is 1. The van der Waals surface area contributed by atoms with Gasteiger partial charge in [-0.05, 0) is 24.6 Å². The lowest BCUT2D eigenvalue weighted by Gasteiger charge is -2.07. The molecule has 0 spiro atoms. The van der Waals surface area contributed by atoms with Crippen molar-refractivity contribution in [3.8, 4) is 0 Å². The van der Waals surface area contributed by atoms with Gasteiger partial charge in [0.2, 0.25) is 5.91 Å². The zero-order valence-corrected chi connectivity index (χ0v) is 11.0. The second-order valence-electron chi connectivity index (χ2n) is 4.67. The van der Waals surface area contributed by atoms with Gasteiger partial charge in [0, 0.05) is 38.4 Å². The fraction of sp³-hybridized carbons (Fsp3) is 0.615. The first-order valence-electron chi connectivity index (χ1n) is 6.19. The zero-order valence-electron chi connectivity index (χ0n) is 11.0. The molecule has 0 atom stereocenters. The van der Waals surface area contributed by atoms with E-state index >= 15 is 0 Å². The predicted octanol–water partition coefficient (Wildman–Crippen LogP) is 1.42. The van der Waals surface area contributed by atoms with Crippen molar-refractivity contribution < 1.29 is 4.79 Å². The summed E-state index contributed by atoms with van der Waals surface area (Å²) < 4.78 is 1.98. The number of rotatable bonds is 7. The molecule has 0 fully saturated rings. The van der Waals surface area contributed by atoms with Gasteiger partial charge in [-0.3, -0.25) is 4.79 Å². The van der Waals surface area contributed by atoms with Crippen molar-refractivity contribution >= 4 is 5.91 Å². The Kier molecular flexibility index (Phi) is 5.77. The lowest BCUT2D eigenvalue weighted by atomic mass is 10.2. The quantitative estimate of drug-likeness (QED) is 0.705. The molecule has 1 amide bonds. The molecule has 1 heterocycles. The van der Waals surface area contributed by atoms with Crippen LogP contribution in [0.1, 0.15) is 32.3 Å². The Bertz CT molecular complexity index is 344. The van der Waals surface area contributed by atoms with E-state index < -0.39 is 0 Å². The minimum Gasteiger partial charge on any atom is -0.357 e. The number of amides is 1. The van der Waals surface area contributed by atoms with Crippen LogP contribution in [-0.4, -0.2) is 23.1 Å². The molecule has 0 aliphatic carbocycles. The third-order valence-corrected chi connectivity index (χ3v) is 2.52. The van der Waals surface area contributed by atoms with Crippen molar-refractivity contribution in [1.29, 1.82) is 0 Å². The van der Waals surface area contributed by atoms with Crippen LogP contribution in [0.5, 0.6) is 0 Å². The number of hydrogen-bond donors (Lipinski definition) is 2. The van der Waals surface area contributed by atoms with E-state index in [0.29, 0.717) is 19.0 Å². The van der Waals surface area contributed by atoms with Crippen LogP contribution in [0.3, 0.4) is 0 Å². The molecule has 0 bridgehead atoms. The highest BCUT2D eigenvalue weighted by atomic mass is 16.1. The largest absolute Gasteiger partial charge is 0.357 e. The first kappa shape index (κ1) is 13.8. The summed E-state index contributed by atoms with van der Waals surface area (Å²) in [6.45, 7) is 5.73. The molecule has 1 aromatic heterocycles. The number of aryl methyl sites for hydroxylation is 1. The fourth-order valence-corrected chi connectivity index (χ4v) is 1.59. The van der Waals surface area contributed by atoms with E-state index in [-0.39, 0.29) is 5.91 Å². The second kappa shape index (κ2) is 7.12. The minimum absolute atomic E-state index is 0.124. The van der Waals surface area contributed by atoms with Crippen molar-refractivity contribution in [3.63, 3.8) is 0 Å². The number of hydrogen-bond acceptors (Lipinski definition) is 2. The molecular weight excluding hydrogens is 214 g/mol. The lowest BCUT2D eigenvalue weighted by Crippen LogP contribution is -2.26. The Hall–Kier alpha value is -1.29. The summed E-state index contributed by atoms with van der Waals surface area (Å²) in [7, 11) is 1.98. The third-order valence-electron chi connectivity index (χ3n) is 2.52. The maximum atomic E-state index is 11.5. The van der Waals surface area contributed by atoms with E-state index in [2.05, 4.69) is 24.5 Å². The van der Waals surface area contributed by atoms with Crippen molar-refractivity contribution in [1.82, 2.24) is 15.2 Å². The van der Waals surface area contributed by atoms with E-state index in [1.807, 2.05) is 30.1 Å². The van der Waals surface area contributed by atoms with Crippen molar-refractivity contribution in [2.75, 3.05) is 6.54 Å². The Balaban J connectivity index is 2.09. The van der Waals surface area contributed by atoms with Gasteiger partial charge in [-0.1, -0.05) is 13.8 Å². The molecule has 0 aliphatic heterocycles. The molecule has 0 saturated carbocycles. The van der Waals surface area contributed by atoms with E-state index in [1.54, 1.807) is 0 Å². The summed E-state index contributed by atoms with van der Waals surface area (Å²) in [5, 5.41) is 6.21. The topological polar surface area (TPSA) is 46.1 Å². The highest BCUT2D eigenvalue weighted by Crippen LogP contribution is 1.99. The van der Waals surface area contributed by atoms with Gasteiger partial charge in [-0.15, -0.1) is 0 Å². The van der Waals surface area contributed by atoms with Gasteiger partial charge in [0.25, 0.3) is 0 Å². The highest BCUT2D eigenvalue weighted by molar-refractivity contribution is 5.75. The molecule has 0 aromatic carbocycles. The summed E-state index contributed by atoms with van der Waals surface area (Å²) in [6, 6.07) is 2.50. The highest BCUT2D eigenvalue weighted by Gasteiger charge is 2.02. The summed E-state index contributed by atoms with van der Waals surface area (Å²) in [5.74, 6) is 0.124. The first-order valence-corrected chi connectivity index (χ1v) is 6.19. The molecule has 2 N–H and O–H groups in total. The van der Waals surface area contributed by atoms with Crippen molar-refractivity contribution in [2.24, 2.45) is 7.05 Å². The molecule has 0 unspecified atom stereocenters. The number of carbonyl (C=O) groups is 1. The molecule has 0 aliphatic rings. The van der Waals surface area contributed by atoms with Crippen LogP contribution in [0.25, 0.3) is 0 Å². The van der Waals surface area contributed by atoms with Gasteiger partial charge >= 0.3 is 0 Å². The van der Waals surface area contributed by atoms with Gasteiger partial charge in [0.05, 0.1) is 0 Å². The summed E-state index contributed by atoms with van der Waals surface area (Å²) >= 11 is 0. The Morgan fingerprint density at radius 3 is 2.82 bits per heavy atom.